The van der Waals surface area contributed by atoms with Crippen LogP contribution in [0.15, 0.2) is 41.6 Å². The van der Waals surface area contributed by atoms with Crippen molar-refractivity contribution in [3.05, 3.63) is 58.5 Å². The fourth-order valence-corrected chi connectivity index (χ4v) is 3.57. The average molecular weight is 393 g/mol. The van der Waals surface area contributed by atoms with Crippen LogP contribution in [0.4, 0.5) is 0 Å². The maximum absolute atomic E-state index is 13.0. The number of nitrogens with one attached hydrogen (secondary N) is 3. The smallest absolute Gasteiger partial charge is 0.262 e. The summed E-state index contributed by atoms with van der Waals surface area (Å²) in [6, 6.07) is 7.06. The zero-order chi connectivity index (χ0) is 20.4. The molecule has 150 valence electrons. The third-order valence-corrected chi connectivity index (χ3v) is 5.05. The Morgan fingerprint density at radius 2 is 2.17 bits per heavy atom. The molecule has 3 heterocycles. The molecule has 1 unspecified atom stereocenters. The normalized spacial score (nSPS) is 12.5. The summed E-state index contributed by atoms with van der Waals surface area (Å²) in [6.07, 6.45) is 4.21. The van der Waals surface area contributed by atoms with Crippen LogP contribution in [0, 0.1) is 6.92 Å². The highest BCUT2D eigenvalue weighted by Crippen LogP contribution is 2.22. The molecule has 0 aliphatic heterocycles. The molecule has 0 aliphatic carbocycles. The Labute approximate surface area is 166 Å². The zero-order valence-electron chi connectivity index (χ0n) is 16.1. The Hall–Kier alpha value is -3.46. The van der Waals surface area contributed by atoms with Crippen LogP contribution in [0.5, 0.6) is 0 Å². The summed E-state index contributed by atoms with van der Waals surface area (Å²) in [5.74, 6) is -0.224. The van der Waals surface area contributed by atoms with Gasteiger partial charge in [-0.15, -0.1) is 0 Å². The van der Waals surface area contributed by atoms with E-state index in [9.17, 15) is 9.59 Å². The monoisotopic (exact) mass is 393 g/mol. The number of carbonyl (C=O) groups excluding carboxylic acids is 1. The highest BCUT2D eigenvalue weighted by atomic mass is 16.2. The van der Waals surface area contributed by atoms with E-state index in [-0.39, 0.29) is 11.5 Å². The molecule has 0 saturated carbocycles. The molecule has 3 aromatic heterocycles. The first-order chi connectivity index (χ1) is 14.1. The van der Waals surface area contributed by atoms with Gasteiger partial charge in [-0.25, -0.2) is 4.98 Å². The fourth-order valence-electron chi connectivity index (χ4n) is 3.57. The van der Waals surface area contributed by atoms with Crippen LogP contribution >= 0.6 is 0 Å². The first-order valence-electron chi connectivity index (χ1n) is 9.53. The second-order valence-corrected chi connectivity index (χ2v) is 7.08. The predicted octanol–water partition coefficient (Wildman–Crippen LogP) is 0.986. The van der Waals surface area contributed by atoms with Crippen molar-refractivity contribution in [3.8, 4) is 0 Å². The number of nitrogens with zero attached hydrogens (tertiary/aromatic N) is 3. The van der Waals surface area contributed by atoms with Gasteiger partial charge in [-0.05, 0) is 19.4 Å². The van der Waals surface area contributed by atoms with Gasteiger partial charge in [0.15, 0.2) is 0 Å². The molecule has 0 spiro atoms. The summed E-state index contributed by atoms with van der Waals surface area (Å²) in [4.78, 5) is 32.1. The van der Waals surface area contributed by atoms with Crippen LogP contribution in [0.2, 0.25) is 0 Å². The molecule has 4 aromatic rings. The summed E-state index contributed by atoms with van der Waals surface area (Å²) < 4.78 is 1.75. The molecule has 5 N–H and O–H groups in total. The number of hydrogen-bond acceptors (Lipinski definition) is 5. The topological polar surface area (TPSA) is 134 Å². The number of pyridine rings is 1. The number of benzene rings is 1. The summed E-state index contributed by atoms with van der Waals surface area (Å²) >= 11 is 0. The van der Waals surface area contributed by atoms with Gasteiger partial charge >= 0.3 is 0 Å². The SMILES string of the molecule is Cc1[nH]nc2c1c(=O)n(CCCNC(=O)C(N)Cc1cnc[nH]1)c1ccccc21. The lowest BCUT2D eigenvalue weighted by atomic mass is 10.1. The van der Waals surface area contributed by atoms with Gasteiger partial charge in [0, 0.05) is 42.5 Å². The average Bonchev–Trinajstić information content (AvgIpc) is 3.37. The first kappa shape index (κ1) is 18.9. The maximum Gasteiger partial charge on any atom is 0.262 e. The van der Waals surface area contributed by atoms with Crippen molar-refractivity contribution >= 4 is 27.7 Å². The van der Waals surface area contributed by atoms with Gasteiger partial charge < -0.3 is 20.6 Å². The summed E-state index contributed by atoms with van der Waals surface area (Å²) in [5, 5.41) is 11.6. The molecule has 0 aliphatic rings. The molecule has 29 heavy (non-hydrogen) atoms. The van der Waals surface area contributed by atoms with Crippen LogP contribution in [0.25, 0.3) is 21.8 Å². The molecule has 1 atom stereocenters. The quantitative estimate of drug-likeness (QED) is 0.347. The largest absolute Gasteiger partial charge is 0.355 e. The lowest BCUT2D eigenvalue weighted by Crippen LogP contribution is -2.42. The number of hydrogen-bond donors (Lipinski definition) is 4. The summed E-state index contributed by atoms with van der Waals surface area (Å²) in [7, 11) is 0. The van der Waals surface area contributed by atoms with Crippen molar-refractivity contribution in [1.82, 2.24) is 30.0 Å². The van der Waals surface area contributed by atoms with Crippen molar-refractivity contribution in [1.29, 1.82) is 0 Å². The van der Waals surface area contributed by atoms with Gasteiger partial charge in [0.05, 0.1) is 23.3 Å². The molecule has 1 amide bonds. The first-order valence-corrected chi connectivity index (χ1v) is 9.53. The number of fused-ring (bicyclic) bond motifs is 3. The molecule has 0 radical (unpaired) electrons. The van der Waals surface area contributed by atoms with Crippen LogP contribution in [0.1, 0.15) is 17.8 Å². The fraction of sp³-hybridized carbons (Fsp3) is 0.300. The molecule has 9 nitrogen and oxygen atoms in total. The highest BCUT2D eigenvalue weighted by molar-refractivity contribution is 6.03. The number of amides is 1. The molecular formula is C20H23N7O2. The second-order valence-electron chi connectivity index (χ2n) is 7.08. The molecule has 4 rings (SSSR count). The minimum absolute atomic E-state index is 0.0766. The van der Waals surface area contributed by atoms with E-state index in [2.05, 4.69) is 25.5 Å². The minimum atomic E-state index is -0.649. The van der Waals surface area contributed by atoms with Gasteiger partial charge in [-0.2, -0.15) is 5.10 Å². The molecule has 9 heteroatoms. The summed E-state index contributed by atoms with van der Waals surface area (Å²) in [6.45, 7) is 2.76. The maximum atomic E-state index is 13.0. The number of nitrogens with two attached hydrogens (primary N) is 1. The summed E-state index contributed by atoms with van der Waals surface area (Å²) in [5.41, 5.74) is 8.96. The molecule has 0 fully saturated rings. The number of rotatable bonds is 7. The minimum Gasteiger partial charge on any atom is -0.355 e. The number of aromatic amines is 2. The molecule has 0 bridgehead atoms. The van der Waals surface area contributed by atoms with Crippen molar-refractivity contribution in [2.45, 2.75) is 32.4 Å². The predicted molar refractivity (Wildman–Crippen MR) is 110 cm³/mol. The second kappa shape index (κ2) is 7.88. The molecule has 0 saturated heterocycles. The van der Waals surface area contributed by atoms with E-state index in [1.165, 1.54) is 0 Å². The number of imidazole rings is 1. The van der Waals surface area contributed by atoms with E-state index in [1.54, 1.807) is 17.1 Å². The van der Waals surface area contributed by atoms with E-state index in [0.29, 0.717) is 36.8 Å². The Bertz CT molecular complexity index is 1210. The lowest BCUT2D eigenvalue weighted by molar-refractivity contribution is -0.122. The van der Waals surface area contributed by atoms with E-state index in [1.807, 2.05) is 31.2 Å². The van der Waals surface area contributed by atoms with Crippen LogP contribution in [-0.4, -0.2) is 43.2 Å². The Morgan fingerprint density at radius 3 is 2.97 bits per heavy atom. The van der Waals surface area contributed by atoms with E-state index < -0.39 is 6.04 Å². The van der Waals surface area contributed by atoms with Gasteiger partial charge in [0.25, 0.3) is 5.56 Å². The number of aromatic nitrogens is 5. The number of para-hydroxylation sites is 1. The third-order valence-electron chi connectivity index (χ3n) is 5.05. The van der Waals surface area contributed by atoms with E-state index >= 15 is 0 Å². The van der Waals surface area contributed by atoms with Crippen LogP contribution in [-0.2, 0) is 17.8 Å². The Kier molecular flexibility index (Phi) is 5.13. The van der Waals surface area contributed by atoms with Gasteiger partial charge in [0.2, 0.25) is 5.91 Å². The van der Waals surface area contributed by atoms with Crippen molar-refractivity contribution in [2.75, 3.05) is 6.54 Å². The standard InChI is InChI=1S/C20H23N7O2/c1-12-17-18(26-25-12)14-5-2-3-6-16(14)27(20(17)29)8-4-7-23-19(28)15(21)9-13-10-22-11-24-13/h2-3,5-6,10-11,15H,4,7-9,21H2,1H3,(H,22,24)(H,23,28)(H,25,26). The number of H-pyrrole nitrogens is 2. The van der Waals surface area contributed by atoms with Crippen LogP contribution in [0.3, 0.4) is 0 Å². The number of aryl methyl sites for hydroxylation is 2. The highest BCUT2D eigenvalue weighted by Gasteiger charge is 2.16. The van der Waals surface area contributed by atoms with Gasteiger partial charge in [-0.1, -0.05) is 18.2 Å². The van der Waals surface area contributed by atoms with Gasteiger partial charge in [0.1, 0.15) is 5.52 Å². The zero-order valence-corrected chi connectivity index (χ0v) is 16.1. The Balaban J connectivity index is 1.45. The van der Waals surface area contributed by atoms with Crippen molar-refractivity contribution < 1.29 is 4.79 Å². The van der Waals surface area contributed by atoms with E-state index in [4.69, 9.17) is 5.73 Å². The number of carbonyl (C=O) groups is 1. The van der Waals surface area contributed by atoms with Crippen molar-refractivity contribution in [3.63, 3.8) is 0 Å². The molecule has 1 aromatic carbocycles. The van der Waals surface area contributed by atoms with E-state index in [0.717, 1.165) is 22.3 Å². The lowest BCUT2D eigenvalue weighted by Gasteiger charge is -2.13. The van der Waals surface area contributed by atoms with Crippen LogP contribution < -0.4 is 16.6 Å². The Morgan fingerprint density at radius 1 is 1.34 bits per heavy atom. The molecular weight excluding hydrogens is 370 g/mol. The van der Waals surface area contributed by atoms with Gasteiger partial charge in [-0.3, -0.25) is 14.7 Å². The van der Waals surface area contributed by atoms with Crippen molar-refractivity contribution in [2.24, 2.45) is 5.73 Å². The third kappa shape index (κ3) is 3.64.